The van der Waals surface area contributed by atoms with Crippen molar-refractivity contribution in [2.75, 3.05) is 23.4 Å². The smallest absolute Gasteiger partial charge is 0.269 e. The Kier molecular flexibility index (Phi) is 7.58. The molecule has 0 saturated carbocycles. The van der Waals surface area contributed by atoms with E-state index in [4.69, 9.17) is 4.43 Å². The highest BCUT2D eigenvalue weighted by molar-refractivity contribution is 7.99. The number of hydrogen-bond acceptors (Lipinski definition) is 5. The number of aromatic amines is 1. The fraction of sp³-hybridized carbons (Fsp3) is 0.778. The van der Waals surface area contributed by atoms with Crippen LogP contribution in [-0.2, 0) is 17.3 Å². The first-order valence-corrected chi connectivity index (χ1v) is 13.3. The first-order chi connectivity index (χ1) is 11.8. The number of nitrogens with zero attached hydrogens (tertiary/aromatic N) is 1. The van der Waals surface area contributed by atoms with Crippen LogP contribution in [0.5, 0.6) is 0 Å². The number of hydrogen-bond donors (Lipinski definition) is 2. The van der Waals surface area contributed by atoms with E-state index in [2.05, 4.69) is 49.4 Å². The van der Waals surface area contributed by atoms with E-state index < -0.39 is 9.04 Å². The van der Waals surface area contributed by atoms with Gasteiger partial charge < -0.3 is 9.74 Å². The highest BCUT2D eigenvalue weighted by Gasteiger charge is 2.25. The quantitative estimate of drug-likeness (QED) is 0.533. The first kappa shape index (κ1) is 20.5. The van der Waals surface area contributed by atoms with E-state index in [9.17, 15) is 4.79 Å². The van der Waals surface area contributed by atoms with Gasteiger partial charge >= 0.3 is 0 Å². The average Bonchev–Trinajstić information content (AvgIpc) is 2.54. The molecule has 1 unspecified atom stereocenters. The maximum absolute atomic E-state index is 11.9. The second kappa shape index (κ2) is 9.23. The molecule has 0 saturated heterocycles. The predicted molar refractivity (Wildman–Crippen MR) is 111 cm³/mol. The van der Waals surface area contributed by atoms with Crippen LogP contribution in [0, 0.1) is 5.41 Å². The first-order valence-electron chi connectivity index (χ1n) is 9.36. The van der Waals surface area contributed by atoms with Gasteiger partial charge in [0.15, 0.2) is 9.04 Å². The normalized spacial score (nSPS) is 15.8. The van der Waals surface area contributed by atoms with Crippen LogP contribution in [0.2, 0.25) is 13.1 Å². The van der Waals surface area contributed by atoms with E-state index in [1.807, 2.05) is 11.8 Å². The van der Waals surface area contributed by atoms with Crippen LogP contribution in [-0.4, -0.2) is 43.4 Å². The summed E-state index contributed by atoms with van der Waals surface area (Å²) >= 11 is 1.95. The zero-order valence-electron chi connectivity index (χ0n) is 16.3. The van der Waals surface area contributed by atoms with Crippen LogP contribution >= 0.6 is 11.8 Å². The number of anilines is 1. The van der Waals surface area contributed by atoms with Crippen LogP contribution in [0.3, 0.4) is 0 Å². The van der Waals surface area contributed by atoms with Gasteiger partial charge in [-0.25, -0.2) is 5.10 Å². The number of rotatable bonds is 8. The van der Waals surface area contributed by atoms with Crippen LogP contribution in [0.15, 0.2) is 4.79 Å². The number of fused-ring (bicyclic) bond motifs is 1. The topological polar surface area (TPSA) is 67.0 Å². The Morgan fingerprint density at radius 2 is 2.08 bits per heavy atom. The van der Waals surface area contributed by atoms with E-state index in [-0.39, 0.29) is 11.0 Å². The SMILES string of the molecule is C[SiH](C)OC(CCSCCc1n[nH]c(=O)c2c1NCCC2)C(C)(C)C. The van der Waals surface area contributed by atoms with Crippen molar-refractivity contribution in [3.8, 4) is 0 Å². The van der Waals surface area contributed by atoms with Gasteiger partial charge in [-0.1, -0.05) is 20.8 Å². The molecule has 1 aliphatic rings. The lowest BCUT2D eigenvalue weighted by atomic mass is 9.88. The molecule has 1 aromatic rings. The number of thioether (sulfide) groups is 1. The van der Waals surface area contributed by atoms with E-state index >= 15 is 0 Å². The van der Waals surface area contributed by atoms with Gasteiger partial charge in [0.1, 0.15) is 0 Å². The van der Waals surface area contributed by atoms with Crippen LogP contribution < -0.4 is 10.9 Å². The lowest BCUT2D eigenvalue weighted by Crippen LogP contribution is -2.33. The van der Waals surface area contributed by atoms with Gasteiger partial charge in [0.05, 0.1) is 17.5 Å². The lowest BCUT2D eigenvalue weighted by Gasteiger charge is -2.32. The molecular formula is C18H33N3O2SSi. The molecule has 2 rings (SSSR count). The van der Waals surface area contributed by atoms with Crippen LogP contribution in [0.25, 0.3) is 0 Å². The summed E-state index contributed by atoms with van der Waals surface area (Å²) in [5.41, 5.74) is 3.02. The number of aromatic nitrogens is 2. The molecule has 1 aliphatic heterocycles. The largest absolute Gasteiger partial charge is 0.417 e. The molecule has 1 atom stereocenters. The predicted octanol–water partition coefficient (Wildman–Crippen LogP) is 3.21. The minimum absolute atomic E-state index is 0.0402. The Labute approximate surface area is 157 Å². The van der Waals surface area contributed by atoms with Crippen molar-refractivity contribution < 1.29 is 4.43 Å². The molecule has 0 aromatic carbocycles. The van der Waals surface area contributed by atoms with Gasteiger partial charge in [0.2, 0.25) is 0 Å². The second-order valence-corrected chi connectivity index (χ2v) is 11.7. The van der Waals surface area contributed by atoms with Gasteiger partial charge in [-0.3, -0.25) is 4.79 Å². The van der Waals surface area contributed by atoms with Crippen LogP contribution in [0.1, 0.15) is 44.9 Å². The monoisotopic (exact) mass is 383 g/mol. The maximum atomic E-state index is 11.9. The summed E-state index contributed by atoms with van der Waals surface area (Å²) in [7, 11) is -1.02. The molecule has 7 heteroatoms. The molecule has 0 radical (unpaired) electrons. The lowest BCUT2D eigenvalue weighted by molar-refractivity contribution is 0.0841. The molecule has 0 fully saturated rings. The number of H-pyrrole nitrogens is 1. The summed E-state index contributed by atoms with van der Waals surface area (Å²) in [5.74, 6) is 2.12. The molecule has 0 bridgehead atoms. The van der Waals surface area contributed by atoms with Crippen molar-refractivity contribution in [2.24, 2.45) is 5.41 Å². The maximum Gasteiger partial charge on any atom is 0.269 e. The van der Waals surface area contributed by atoms with Crippen molar-refractivity contribution in [2.45, 2.75) is 65.7 Å². The van der Waals surface area contributed by atoms with Gasteiger partial charge in [-0.2, -0.15) is 16.9 Å². The van der Waals surface area contributed by atoms with E-state index in [0.717, 1.165) is 60.7 Å². The van der Waals surface area contributed by atoms with Gasteiger partial charge in [-0.15, -0.1) is 0 Å². The van der Waals surface area contributed by atoms with Gasteiger partial charge in [0.25, 0.3) is 5.56 Å². The molecule has 1 aromatic heterocycles. The van der Waals surface area contributed by atoms with Crippen molar-refractivity contribution >= 4 is 26.5 Å². The Morgan fingerprint density at radius 1 is 1.32 bits per heavy atom. The van der Waals surface area contributed by atoms with Crippen LogP contribution in [0.4, 0.5) is 5.69 Å². The third-order valence-electron chi connectivity index (χ3n) is 4.47. The average molecular weight is 384 g/mol. The van der Waals surface area contributed by atoms with Crippen molar-refractivity contribution in [3.05, 3.63) is 21.6 Å². The summed E-state index contributed by atoms with van der Waals surface area (Å²) < 4.78 is 6.23. The summed E-state index contributed by atoms with van der Waals surface area (Å²) in [6.45, 7) is 12.2. The van der Waals surface area contributed by atoms with E-state index in [1.165, 1.54) is 0 Å². The molecule has 25 heavy (non-hydrogen) atoms. The Morgan fingerprint density at radius 3 is 2.76 bits per heavy atom. The third kappa shape index (κ3) is 6.15. The molecular weight excluding hydrogens is 350 g/mol. The molecule has 2 N–H and O–H groups in total. The Balaban J connectivity index is 1.82. The number of nitrogens with one attached hydrogen (secondary N) is 2. The summed E-state index contributed by atoms with van der Waals surface area (Å²) in [6, 6.07) is 0. The minimum atomic E-state index is -1.02. The second-order valence-electron chi connectivity index (χ2n) is 8.07. The number of aryl methyl sites for hydroxylation is 1. The fourth-order valence-corrected chi connectivity index (χ4v) is 5.25. The molecule has 2 heterocycles. The molecule has 0 aliphatic carbocycles. The van der Waals surface area contributed by atoms with Crippen molar-refractivity contribution in [1.29, 1.82) is 0 Å². The third-order valence-corrected chi connectivity index (χ3v) is 6.36. The van der Waals surface area contributed by atoms with Gasteiger partial charge in [0, 0.05) is 18.5 Å². The van der Waals surface area contributed by atoms with Crippen molar-refractivity contribution in [1.82, 2.24) is 10.2 Å². The highest BCUT2D eigenvalue weighted by atomic mass is 32.2. The van der Waals surface area contributed by atoms with E-state index in [0.29, 0.717) is 6.10 Å². The molecule has 5 nitrogen and oxygen atoms in total. The van der Waals surface area contributed by atoms with Gasteiger partial charge in [-0.05, 0) is 49.3 Å². The molecule has 142 valence electrons. The molecule has 0 spiro atoms. The van der Waals surface area contributed by atoms with Crippen molar-refractivity contribution in [3.63, 3.8) is 0 Å². The van der Waals surface area contributed by atoms with E-state index in [1.54, 1.807) is 0 Å². The standard InChI is InChI=1S/C18H33N3O2SSi/c1-18(2,3)15(23-25(4)5)9-12-24-11-8-14-16-13(7-6-10-19-16)17(22)21-20-14/h15,19,25H,6-12H2,1-5H3,(H,21,22). The summed E-state index contributed by atoms with van der Waals surface area (Å²) in [6.07, 6.45) is 4.18. The summed E-state index contributed by atoms with van der Waals surface area (Å²) in [4.78, 5) is 11.9. The Hall–Kier alpha value is -0.793. The minimum Gasteiger partial charge on any atom is -0.417 e. The zero-order chi connectivity index (χ0) is 18.4. The Bertz CT molecular complexity index is 613. The highest BCUT2D eigenvalue weighted by Crippen LogP contribution is 2.27. The molecule has 0 amide bonds. The zero-order valence-corrected chi connectivity index (χ0v) is 18.2. The fourth-order valence-electron chi connectivity index (χ4n) is 3.13. The summed E-state index contributed by atoms with van der Waals surface area (Å²) in [5, 5.41) is 10.3.